The normalized spacial score (nSPS) is 11.8. The van der Waals surface area contributed by atoms with Gasteiger partial charge in [-0.05, 0) is 71.9 Å². The molecule has 0 saturated heterocycles. The van der Waals surface area contributed by atoms with Crippen LogP contribution in [-0.4, -0.2) is 9.78 Å². The zero-order valence-corrected chi connectivity index (χ0v) is 20.4. The van der Waals surface area contributed by atoms with E-state index in [1.165, 1.54) is 33.6 Å². The van der Waals surface area contributed by atoms with Gasteiger partial charge >= 0.3 is 0 Å². The highest BCUT2D eigenvalue weighted by Gasteiger charge is 2.17. The first-order chi connectivity index (χ1) is 13.1. The first kappa shape index (κ1) is 21.8. The Morgan fingerprint density at radius 2 is 1.71 bits per heavy atom. The molecule has 0 aliphatic carbocycles. The Balaban J connectivity index is 1.83. The van der Waals surface area contributed by atoms with E-state index in [-0.39, 0.29) is 5.41 Å². The highest BCUT2D eigenvalue weighted by Crippen LogP contribution is 2.33. The second-order valence-corrected chi connectivity index (χ2v) is 11.4. The lowest BCUT2D eigenvalue weighted by Gasteiger charge is -2.22. The molecule has 2 nitrogen and oxygen atoms in total. The van der Waals surface area contributed by atoms with E-state index in [1.54, 1.807) is 28.6 Å². The third-order valence-corrected chi connectivity index (χ3v) is 7.71. The fourth-order valence-electron chi connectivity index (χ4n) is 2.89. The second kappa shape index (κ2) is 8.49. The van der Waals surface area contributed by atoms with Crippen molar-refractivity contribution in [3.63, 3.8) is 0 Å². The molecule has 0 saturated carbocycles. The van der Waals surface area contributed by atoms with Crippen molar-refractivity contribution in [3.8, 4) is 5.69 Å². The molecule has 3 aromatic rings. The fourth-order valence-corrected chi connectivity index (χ4v) is 5.74. The number of benzene rings is 2. The Morgan fingerprint density at radius 3 is 2.29 bits per heavy atom. The summed E-state index contributed by atoms with van der Waals surface area (Å²) in [4.78, 5) is 0. The van der Waals surface area contributed by atoms with Crippen molar-refractivity contribution < 1.29 is 0 Å². The highest BCUT2D eigenvalue weighted by molar-refractivity contribution is 8.00. The molecule has 0 radical (unpaired) electrons. The Hall–Kier alpha value is -0.850. The number of aryl methyl sites for hydroxylation is 2. The molecule has 0 N–H and O–H groups in total. The number of nitrogens with zero attached hydrogens (tertiary/aromatic N) is 2. The van der Waals surface area contributed by atoms with Crippen LogP contribution in [0, 0.1) is 17.8 Å². The lowest BCUT2D eigenvalue weighted by atomic mass is 9.84. The van der Waals surface area contributed by atoms with Gasteiger partial charge in [0.15, 0.2) is 8.29 Å². The van der Waals surface area contributed by atoms with Crippen LogP contribution in [0.25, 0.3) is 5.69 Å². The second-order valence-electron chi connectivity index (χ2n) is 7.77. The Bertz CT molecular complexity index is 1050. The topological polar surface area (TPSA) is 17.8 Å². The van der Waals surface area contributed by atoms with Gasteiger partial charge in [-0.2, -0.15) is 0 Å². The van der Waals surface area contributed by atoms with Crippen molar-refractivity contribution in [2.45, 2.75) is 50.1 Å². The molecular weight excluding hydrogens is 447 g/mol. The van der Waals surface area contributed by atoms with Crippen molar-refractivity contribution in [1.82, 2.24) is 9.78 Å². The molecule has 0 atom stereocenters. The molecule has 2 aromatic carbocycles. The molecule has 0 amide bonds. The third kappa shape index (κ3) is 4.82. The van der Waals surface area contributed by atoms with Gasteiger partial charge in [-0.25, -0.2) is 4.68 Å². The molecule has 28 heavy (non-hydrogen) atoms. The Labute approximate surface area is 189 Å². The predicted molar refractivity (Wildman–Crippen MR) is 126 cm³/mol. The van der Waals surface area contributed by atoms with Crippen molar-refractivity contribution in [3.05, 3.63) is 66.6 Å². The third-order valence-electron chi connectivity index (χ3n) is 4.58. The molecule has 3 rings (SSSR count). The summed E-state index contributed by atoms with van der Waals surface area (Å²) in [5.74, 6) is 0.867. The van der Waals surface area contributed by atoms with Gasteiger partial charge in [0.2, 0.25) is 0 Å². The molecule has 0 aliphatic heterocycles. The standard InChI is InChI=1S/C21H22Cl2N2S3/c1-12-8-14(21(3,4)5)9-13(2)16(12)11-27-19-24-25(20(26)28-19)15-6-7-17(22)18(23)10-15/h6-10H,11H2,1-5H3. The van der Waals surface area contributed by atoms with Crippen LogP contribution in [0.1, 0.15) is 43.0 Å². The summed E-state index contributed by atoms with van der Waals surface area (Å²) in [5, 5.41) is 5.69. The SMILES string of the molecule is Cc1cc(C(C)(C)C)cc(C)c1CSc1nn(-c2ccc(Cl)c(Cl)c2)c(=S)s1. The summed E-state index contributed by atoms with van der Waals surface area (Å²) in [6.45, 7) is 11.1. The van der Waals surface area contributed by atoms with Gasteiger partial charge in [0, 0.05) is 5.75 Å². The van der Waals surface area contributed by atoms with Crippen LogP contribution >= 0.6 is 58.5 Å². The predicted octanol–water partition coefficient (Wildman–Crippen LogP) is 8.18. The Morgan fingerprint density at radius 1 is 1.07 bits per heavy atom. The molecule has 1 aromatic heterocycles. The lowest BCUT2D eigenvalue weighted by Crippen LogP contribution is -2.12. The minimum absolute atomic E-state index is 0.152. The number of hydrogen-bond donors (Lipinski definition) is 0. The summed E-state index contributed by atoms with van der Waals surface area (Å²) in [6.07, 6.45) is 0. The average Bonchev–Trinajstić information content (AvgIpc) is 2.96. The first-order valence-electron chi connectivity index (χ1n) is 8.85. The zero-order valence-electron chi connectivity index (χ0n) is 16.5. The van der Waals surface area contributed by atoms with Crippen molar-refractivity contribution >= 4 is 58.5 Å². The Kier molecular flexibility index (Phi) is 6.62. The van der Waals surface area contributed by atoms with Crippen molar-refractivity contribution in [2.24, 2.45) is 0 Å². The van der Waals surface area contributed by atoms with E-state index in [9.17, 15) is 0 Å². The van der Waals surface area contributed by atoms with Gasteiger partial charge in [0.25, 0.3) is 0 Å². The van der Waals surface area contributed by atoms with E-state index in [1.807, 2.05) is 6.07 Å². The van der Waals surface area contributed by atoms with E-state index in [4.69, 9.17) is 35.4 Å². The van der Waals surface area contributed by atoms with Crippen molar-refractivity contribution in [1.29, 1.82) is 0 Å². The summed E-state index contributed by atoms with van der Waals surface area (Å²) in [5.41, 5.74) is 6.36. The number of hydrogen-bond acceptors (Lipinski definition) is 4. The smallest absolute Gasteiger partial charge is 0.184 e. The van der Waals surface area contributed by atoms with Crippen LogP contribution in [0.2, 0.25) is 10.0 Å². The van der Waals surface area contributed by atoms with Gasteiger partial charge < -0.3 is 0 Å². The van der Waals surface area contributed by atoms with Gasteiger partial charge in [0.1, 0.15) is 0 Å². The number of rotatable bonds is 4. The van der Waals surface area contributed by atoms with E-state index >= 15 is 0 Å². The van der Waals surface area contributed by atoms with Gasteiger partial charge in [-0.3, -0.25) is 0 Å². The quantitative estimate of drug-likeness (QED) is 0.283. The zero-order chi connectivity index (χ0) is 20.6. The number of aromatic nitrogens is 2. The molecule has 148 valence electrons. The van der Waals surface area contributed by atoms with Crippen LogP contribution in [0.5, 0.6) is 0 Å². The van der Waals surface area contributed by atoms with E-state index in [2.05, 4.69) is 51.9 Å². The van der Waals surface area contributed by atoms with Crippen LogP contribution < -0.4 is 0 Å². The average molecular weight is 470 g/mol. The summed E-state index contributed by atoms with van der Waals surface area (Å²) >= 11 is 20.9. The number of thioether (sulfide) groups is 1. The fraction of sp³-hybridized carbons (Fsp3) is 0.333. The molecule has 0 bridgehead atoms. The maximum atomic E-state index is 6.13. The maximum Gasteiger partial charge on any atom is 0.184 e. The molecule has 1 heterocycles. The molecule has 0 unspecified atom stereocenters. The monoisotopic (exact) mass is 468 g/mol. The van der Waals surface area contributed by atoms with Crippen molar-refractivity contribution in [2.75, 3.05) is 0 Å². The van der Waals surface area contributed by atoms with E-state index in [0.29, 0.717) is 14.0 Å². The molecule has 0 aliphatic rings. The minimum Gasteiger partial charge on any atom is -0.211 e. The van der Waals surface area contributed by atoms with Gasteiger partial charge in [-0.1, -0.05) is 79.2 Å². The maximum absolute atomic E-state index is 6.13. The van der Waals surface area contributed by atoms with Crippen LogP contribution in [-0.2, 0) is 11.2 Å². The van der Waals surface area contributed by atoms with E-state index in [0.717, 1.165) is 15.8 Å². The highest BCUT2D eigenvalue weighted by atomic mass is 35.5. The van der Waals surface area contributed by atoms with Crippen LogP contribution in [0.4, 0.5) is 0 Å². The molecule has 7 heteroatoms. The summed E-state index contributed by atoms with van der Waals surface area (Å²) in [6, 6.07) is 10.0. The molecule has 0 fully saturated rings. The number of halogens is 2. The first-order valence-corrected chi connectivity index (χ1v) is 11.8. The van der Waals surface area contributed by atoms with Gasteiger partial charge in [-0.15, -0.1) is 5.10 Å². The van der Waals surface area contributed by atoms with Crippen LogP contribution in [0.3, 0.4) is 0 Å². The lowest BCUT2D eigenvalue weighted by molar-refractivity contribution is 0.589. The summed E-state index contributed by atoms with van der Waals surface area (Å²) in [7, 11) is 0. The summed E-state index contributed by atoms with van der Waals surface area (Å²) < 4.78 is 3.37. The molecular formula is C21H22Cl2N2S3. The minimum atomic E-state index is 0.152. The van der Waals surface area contributed by atoms with E-state index < -0.39 is 0 Å². The molecule has 0 spiro atoms. The van der Waals surface area contributed by atoms with Gasteiger partial charge in [0.05, 0.1) is 15.7 Å². The largest absolute Gasteiger partial charge is 0.211 e. The van der Waals surface area contributed by atoms with Crippen LogP contribution in [0.15, 0.2) is 34.7 Å².